The zero-order valence-corrected chi connectivity index (χ0v) is 26.3. The Morgan fingerprint density at radius 2 is 1.50 bits per heavy atom. The first-order valence-corrected chi connectivity index (χ1v) is 16.1. The highest BCUT2D eigenvalue weighted by molar-refractivity contribution is 7.92. The van der Waals surface area contributed by atoms with Crippen molar-refractivity contribution in [2.24, 2.45) is 0 Å². The molecule has 44 heavy (non-hydrogen) atoms. The Labute approximate surface area is 264 Å². The van der Waals surface area contributed by atoms with E-state index in [4.69, 9.17) is 16.3 Å². The molecule has 2 amide bonds. The molecule has 0 aromatic heterocycles. The Balaban J connectivity index is 1.79. The fourth-order valence-corrected chi connectivity index (χ4v) is 6.40. The van der Waals surface area contributed by atoms with E-state index in [1.807, 2.05) is 43.3 Å². The molecule has 0 aliphatic heterocycles. The van der Waals surface area contributed by atoms with Gasteiger partial charge >= 0.3 is 0 Å². The van der Waals surface area contributed by atoms with Crippen molar-refractivity contribution in [3.8, 4) is 5.75 Å². The normalized spacial score (nSPS) is 11.8. The molecule has 0 fully saturated rings. The van der Waals surface area contributed by atoms with E-state index in [9.17, 15) is 18.0 Å². The standard InChI is InChI=1S/C34H36ClN3O5S/c1-3-21-36-34(40)32(23-26-11-6-4-7-12-26)37(24-27-13-10-14-28(35)22-27)33(39)25-38(29-17-19-30(43-2)20-18-29)44(41,42)31-15-8-5-9-16-31/h4-20,22,32H,3,21,23-25H2,1-2H3,(H,36,40). The smallest absolute Gasteiger partial charge is 0.264 e. The van der Waals surface area contributed by atoms with Crippen molar-refractivity contribution < 1.29 is 22.7 Å². The largest absolute Gasteiger partial charge is 0.497 e. The average molecular weight is 634 g/mol. The Morgan fingerprint density at radius 3 is 2.11 bits per heavy atom. The van der Waals surface area contributed by atoms with Crippen molar-refractivity contribution in [3.05, 3.63) is 125 Å². The summed E-state index contributed by atoms with van der Waals surface area (Å²) in [6, 6.07) is 29.9. The van der Waals surface area contributed by atoms with E-state index in [-0.39, 0.29) is 29.5 Å². The lowest BCUT2D eigenvalue weighted by atomic mass is 10.0. The maximum Gasteiger partial charge on any atom is 0.264 e. The van der Waals surface area contributed by atoms with E-state index in [0.717, 1.165) is 9.87 Å². The zero-order chi connectivity index (χ0) is 31.5. The molecule has 4 aromatic carbocycles. The Morgan fingerprint density at radius 1 is 0.864 bits per heavy atom. The van der Waals surface area contributed by atoms with E-state index in [2.05, 4.69) is 5.32 Å². The highest BCUT2D eigenvalue weighted by Gasteiger charge is 2.34. The van der Waals surface area contributed by atoms with E-state index in [1.54, 1.807) is 60.7 Å². The summed E-state index contributed by atoms with van der Waals surface area (Å²) in [4.78, 5) is 29.6. The molecule has 4 rings (SSSR count). The number of halogens is 1. The summed E-state index contributed by atoms with van der Waals surface area (Å²) in [5, 5.41) is 3.42. The molecule has 0 spiro atoms. The van der Waals surface area contributed by atoms with Crippen LogP contribution >= 0.6 is 11.6 Å². The molecule has 230 valence electrons. The van der Waals surface area contributed by atoms with Gasteiger partial charge in [-0.05, 0) is 66.1 Å². The minimum atomic E-state index is -4.18. The third-order valence-electron chi connectivity index (χ3n) is 7.03. The van der Waals surface area contributed by atoms with Crippen molar-refractivity contribution in [2.75, 3.05) is 24.5 Å². The number of methoxy groups -OCH3 is 1. The number of nitrogens with zero attached hydrogens (tertiary/aromatic N) is 2. The quantitative estimate of drug-likeness (QED) is 0.192. The van der Waals surface area contributed by atoms with Crippen LogP contribution in [0.4, 0.5) is 5.69 Å². The number of hydrogen-bond acceptors (Lipinski definition) is 5. The highest BCUT2D eigenvalue weighted by Crippen LogP contribution is 2.27. The lowest BCUT2D eigenvalue weighted by Gasteiger charge is -2.34. The predicted molar refractivity (Wildman–Crippen MR) is 173 cm³/mol. The minimum absolute atomic E-state index is 0.0338. The number of ether oxygens (including phenoxy) is 1. The van der Waals surface area contributed by atoms with Crippen molar-refractivity contribution in [2.45, 2.75) is 37.2 Å². The third-order valence-corrected chi connectivity index (χ3v) is 9.06. The molecule has 0 saturated carbocycles. The van der Waals surface area contributed by atoms with Gasteiger partial charge in [-0.25, -0.2) is 8.42 Å². The van der Waals surface area contributed by atoms with Gasteiger partial charge in [0, 0.05) is 24.5 Å². The summed E-state index contributed by atoms with van der Waals surface area (Å²) in [5.74, 6) is -0.337. The molecule has 8 nitrogen and oxygen atoms in total. The summed E-state index contributed by atoms with van der Waals surface area (Å²) in [5.41, 5.74) is 1.84. The first-order valence-electron chi connectivity index (χ1n) is 14.3. The number of sulfonamides is 1. The van der Waals surface area contributed by atoms with Gasteiger partial charge < -0.3 is 15.0 Å². The van der Waals surface area contributed by atoms with Gasteiger partial charge in [0.05, 0.1) is 17.7 Å². The maximum atomic E-state index is 14.4. The van der Waals surface area contributed by atoms with E-state index in [1.165, 1.54) is 24.1 Å². The number of rotatable bonds is 14. The molecule has 1 atom stereocenters. The predicted octanol–water partition coefficient (Wildman–Crippen LogP) is 5.71. The molecule has 0 radical (unpaired) electrons. The molecular formula is C34H36ClN3O5S. The number of carbonyl (C=O) groups excluding carboxylic acids is 2. The van der Waals surface area contributed by atoms with Crippen LogP contribution in [0.1, 0.15) is 24.5 Å². The van der Waals surface area contributed by atoms with Gasteiger partial charge in [-0.1, -0.05) is 79.2 Å². The van der Waals surface area contributed by atoms with Crippen LogP contribution in [0.3, 0.4) is 0 Å². The third kappa shape index (κ3) is 8.39. The number of amides is 2. The Hall–Kier alpha value is -4.34. The average Bonchev–Trinajstić information content (AvgIpc) is 3.05. The van der Waals surface area contributed by atoms with Crippen molar-refractivity contribution in [1.82, 2.24) is 10.2 Å². The Kier molecular flexibility index (Phi) is 11.4. The van der Waals surface area contributed by atoms with Crippen LogP contribution in [0.25, 0.3) is 0 Å². The first kappa shape index (κ1) is 32.6. The topological polar surface area (TPSA) is 96.0 Å². The van der Waals surface area contributed by atoms with Gasteiger partial charge in [0.1, 0.15) is 18.3 Å². The maximum absolute atomic E-state index is 14.4. The second-order valence-electron chi connectivity index (χ2n) is 10.2. The number of nitrogens with one attached hydrogen (secondary N) is 1. The lowest BCUT2D eigenvalue weighted by Crippen LogP contribution is -2.53. The van der Waals surface area contributed by atoms with Gasteiger partial charge in [-0.3, -0.25) is 13.9 Å². The number of hydrogen-bond donors (Lipinski definition) is 1. The van der Waals surface area contributed by atoms with Gasteiger partial charge in [0.25, 0.3) is 10.0 Å². The van der Waals surface area contributed by atoms with Crippen molar-refractivity contribution in [1.29, 1.82) is 0 Å². The molecule has 0 aliphatic carbocycles. The van der Waals surface area contributed by atoms with Crippen LogP contribution in [0.2, 0.25) is 5.02 Å². The van der Waals surface area contributed by atoms with Crippen LogP contribution < -0.4 is 14.4 Å². The summed E-state index contributed by atoms with van der Waals surface area (Å²) in [7, 11) is -2.66. The molecule has 4 aromatic rings. The molecule has 0 bridgehead atoms. The summed E-state index contributed by atoms with van der Waals surface area (Å²) in [6.45, 7) is 1.88. The first-order chi connectivity index (χ1) is 21.2. The lowest BCUT2D eigenvalue weighted by molar-refractivity contribution is -0.140. The number of carbonyl (C=O) groups is 2. The van der Waals surface area contributed by atoms with Crippen LogP contribution in [0.15, 0.2) is 114 Å². The molecular weight excluding hydrogens is 598 g/mol. The highest BCUT2D eigenvalue weighted by atomic mass is 35.5. The minimum Gasteiger partial charge on any atom is -0.497 e. The molecule has 0 saturated heterocycles. The van der Waals surface area contributed by atoms with E-state index >= 15 is 0 Å². The second-order valence-corrected chi connectivity index (χ2v) is 12.5. The van der Waals surface area contributed by atoms with E-state index < -0.39 is 28.5 Å². The molecule has 1 N–H and O–H groups in total. The van der Waals surface area contributed by atoms with Crippen LogP contribution in [-0.2, 0) is 32.6 Å². The van der Waals surface area contributed by atoms with Gasteiger partial charge in [-0.15, -0.1) is 0 Å². The molecule has 0 aliphatic rings. The zero-order valence-electron chi connectivity index (χ0n) is 24.7. The van der Waals surface area contributed by atoms with Crippen molar-refractivity contribution in [3.63, 3.8) is 0 Å². The summed E-state index contributed by atoms with van der Waals surface area (Å²) >= 11 is 6.28. The molecule has 10 heteroatoms. The fourth-order valence-electron chi connectivity index (χ4n) is 4.75. The second kappa shape index (κ2) is 15.4. The number of anilines is 1. The van der Waals surface area contributed by atoms with Crippen LogP contribution in [-0.4, -0.2) is 51.4 Å². The fraction of sp³-hybridized carbons (Fsp3) is 0.235. The van der Waals surface area contributed by atoms with Crippen molar-refractivity contribution >= 4 is 39.1 Å². The van der Waals surface area contributed by atoms with E-state index in [0.29, 0.717) is 29.3 Å². The molecule has 1 unspecified atom stereocenters. The summed E-state index contributed by atoms with van der Waals surface area (Å²) < 4.78 is 34.4. The Bertz CT molecular complexity index is 1630. The van der Waals surface area contributed by atoms with Gasteiger partial charge in [0.15, 0.2) is 0 Å². The van der Waals surface area contributed by atoms with Crippen LogP contribution in [0.5, 0.6) is 5.75 Å². The van der Waals surface area contributed by atoms with Gasteiger partial charge in [0.2, 0.25) is 11.8 Å². The SMILES string of the molecule is CCCNC(=O)C(Cc1ccccc1)N(Cc1cccc(Cl)c1)C(=O)CN(c1ccc(OC)cc1)S(=O)(=O)c1ccccc1. The summed E-state index contributed by atoms with van der Waals surface area (Å²) in [6.07, 6.45) is 0.948. The molecule has 0 heterocycles. The number of benzene rings is 4. The van der Waals surface area contributed by atoms with Gasteiger partial charge in [-0.2, -0.15) is 0 Å². The van der Waals surface area contributed by atoms with Crippen LogP contribution in [0, 0.1) is 0 Å². The monoisotopic (exact) mass is 633 g/mol.